The molecular formula is C10H22O3S. The van der Waals surface area contributed by atoms with Gasteiger partial charge in [0.15, 0.2) is 0 Å². The van der Waals surface area contributed by atoms with Crippen LogP contribution in [0.1, 0.15) is 39.5 Å². The second-order valence-corrected chi connectivity index (χ2v) is 6.55. The fourth-order valence-electron chi connectivity index (χ4n) is 1.23. The van der Waals surface area contributed by atoms with E-state index in [-0.39, 0.29) is 11.9 Å². The number of unbranched alkanes of at least 4 members (excludes halogenated alkanes) is 2. The zero-order valence-electron chi connectivity index (χ0n) is 9.36. The Kier molecular flexibility index (Phi) is 6.36. The second-order valence-electron chi connectivity index (χ2n) is 4.29. The van der Waals surface area contributed by atoms with Crippen molar-refractivity contribution in [1.29, 1.82) is 0 Å². The van der Waals surface area contributed by atoms with Crippen LogP contribution in [0.5, 0.6) is 0 Å². The molecule has 0 aromatic carbocycles. The van der Waals surface area contributed by atoms with Crippen molar-refractivity contribution >= 4 is 9.84 Å². The summed E-state index contributed by atoms with van der Waals surface area (Å²) in [7, 11) is -2.80. The molecule has 1 N–H and O–H groups in total. The van der Waals surface area contributed by atoms with Crippen LogP contribution in [0.25, 0.3) is 0 Å². The summed E-state index contributed by atoms with van der Waals surface area (Å²) in [6.45, 7) is 3.97. The Morgan fingerprint density at radius 1 is 1.14 bits per heavy atom. The molecule has 1 atom stereocenters. The Morgan fingerprint density at radius 3 is 2.14 bits per heavy atom. The average molecular weight is 222 g/mol. The maximum Gasteiger partial charge on any atom is 0.147 e. The molecule has 0 saturated carbocycles. The van der Waals surface area contributed by atoms with E-state index in [2.05, 4.69) is 0 Å². The number of aliphatic hydroxyl groups excluding tert-OH is 1. The standard InChI is InChI=1S/C10H22O3S/c1-9(2)10(11)7-5-4-6-8-14(3,12)13/h9-11H,4-8H2,1-3H3. The number of hydrogen-bond acceptors (Lipinski definition) is 3. The highest BCUT2D eigenvalue weighted by Crippen LogP contribution is 2.11. The van der Waals surface area contributed by atoms with Crippen LogP contribution in [0.15, 0.2) is 0 Å². The minimum atomic E-state index is -2.80. The Labute approximate surface area is 87.4 Å². The number of rotatable bonds is 7. The van der Waals surface area contributed by atoms with Gasteiger partial charge in [-0.15, -0.1) is 0 Å². The first kappa shape index (κ1) is 13.9. The molecule has 0 fully saturated rings. The zero-order chi connectivity index (χ0) is 11.2. The van der Waals surface area contributed by atoms with E-state index < -0.39 is 9.84 Å². The Bertz CT molecular complexity index is 232. The van der Waals surface area contributed by atoms with Crippen LogP contribution in [-0.4, -0.2) is 31.6 Å². The third-order valence-electron chi connectivity index (χ3n) is 2.28. The highest BCUT2D eigenvalue weighted by atomic mass is 32.2. The highest BCUT2D eigenvalue weighted by molar-refractivity contribution is 7.90. The van der Waals surface area contributed by atoms with E-state index in [1.807, 2.05) is 13.8 Å². The Balaban J connectivity index is 3.39. The minimum Gasteiger partial charge on any atom is -0.393 e. The smallest absolute Gasteiger partial charge is 0.147 e. The molecule has 0 saturated heterocycles. The van der Waals surface area contributed by atoms with Crippen molar-refractivity contribution in [2.45, 2.75) is 45.6 Å². The summed E-state index contributed by atoms with van der Waals surface area (Å²) in [5, 5.41) is 9.47. The van der Waals surface area contributed by atoms with Gasteiger partial charge in [-0.05, 0) is 18.8 Å². The fraction of sp³-hybridized carbons (Fsp3) is 1.00. The summed E-state index contributed by atoms with van der Waals surface area (Å²) in [6, 6.07) is 0. The predicted molar refractivity (Wildman–Crippen MR) is 59.0 cm³/mol. The van der Waals surface area contributed by atoms with Crippen LogP contribution < -0.4 is 0 Å². The summed E-state index contributed by atoms with van der Waals surface area (Å²) >= 11 is 0. The molecule has 3 nitrogen and oxygen atoms in total. The summed E-state index contributed by atoms with van der Waals surface area (Å²) < 4.78 is 21.6. The SMILES string of the molecule is CC(C)C(O)CCCCCS(C)(=O)=O. The quantitative estimate of drug-likeness (QED) is 0.666. The van der Waals surface area contributed by atoms with Crippen molar-refractivity contribution in [3.05, 3.63) is 0 Å². The molecule has 0 aliphatic rings. The van der Waals surface area contributed by atoms with Gasteiger partial charge in [-0.25, -0.2) is 8.42 Å². The van der Waals surface area contributed by atoms with Crippen molar-refractivity contribution in [1.82, 2.24) is 0 Å². The van der Waals surface area contributed by atoms with Crippen molar-refractivity contribution < 1.29 is 13.5 Å². The molecule has 0 spiro atoms. The van der Waals surface area contributed by atoms with Gasteiger partial charge in [0.25, 0.3) is 0 Å². The summed E-state index contributed by atoms with van der Waals surface area (Å²) in [4.78, 5) is 0. The minimum absolute atomic E-state index is 0.242. The van der Waals surface area contributed by atoms with Crippen LogP contribution in [-0.2, 0) is 9.84 Å². The molecule has 0 amide bonds. The molecule has 1 unspecified atom stereocenters. The zero-order valence-corrected chi connectivity index (χ0v) is 10.2. The topological polar surface area (TPSA) is 54.4 Å². The lowest BCUT2D eigenvalue weighted by Crippen LogP contribution is -2.14. The lowest BCUT2D eigenvalue weighted by Gasteiger charge is -2.13. The van der Waals surface area contributed by atoms with Crippen molar-refractivity contribution in [2.24, 2.45) is 5.92 Å². The van der Waals surface area contributed by atoms with Gasteiger partial charge in [0.05, 0.1) is 6.10 Å². The van der Waals surface area contributed by atoms with Crippen molar-refractivity contribution in [2.75, 3.05) is 12.0 Å². The van der Waals surface area contributed by atoms with E-state index in [0.717, 1.165) is 19.3 Å². The van der Waals surface area contributed by atoms with Crippen molar-refractivity contribution in [3.63, 3.8) is 0 Å². The van der Waals surface area contributed by atoms with Gasteiger partial charge in [0, 0.05) is 12.0 Å². The Hall–Kier alpha value is -0.0900. The number of hydrogen-bond donors (Lipinski definition) is 1. The number of sulfone groups is 1. The normalized spacial score (nSPS) is 14.6. The van der Waals surface area contributed by atoms with Crippen LogP contribution in [0.3, 0.4) is 0 Å². The average Bonchev–Trinajstić information content (AvgIpc) is 2.01. The highest BCUT2D eigenvalue weighted by Gasteiger charge is 2.08. The molecule has 0 aromatic heterocycles. The molecule has 0 aliphatic heterocycles. The van der Waals surface area contributed by atoms with Gasteiger partial charge in [-0.1, -0.05) is 26.7 Å². The van der Waals surface area contributed by atoms with Gasteiger partial charge in [-0.2, -0.15) is 0 Å². The van der Waals surface area contributed by atoms with E-state index in [4.69, 9.17) is 0 Å². The molecular weight excluding hydrogens is 200 g/mol. The third kappa shape index (κ3) is 8.51. The molecule has 0 bridgehead atoms. The van der Waals surface area contributed by atoms with E-state index in [9.17, 15) is 13.5 Å². The summed E-state index contributed by atoms with van der Waals surface area (Å²) in [5.74, 6) is 0.565. The largest absolute Gasteiger partial charge is 0.393 e. The molecule has 0 aliphatic carbocycles. The maximum atomic E-state index is 10.8. The first-order chi connectivity index (χ1) is 6.33. The van der Waals surface area contributed by atoms with Crippen molar-refractivity contribution in [3.8, 4) is 0 Å². The molecule has 86 valence electrons. The van der Waals surface area contributed by atoms with Crippen LogP contribution in [0, 0.1) is 5.92 Å². The van der Waals surface area contributed by atoms with Crippen LogP contribution >= 0.6 is 0 Å². The van der Waals surface area contributed by atoms with E-state index >= 15 is 0 Å². The van der Waals surface area contributed by atoms with Crippen LogP contribution in [0.2, 0.25) is 0 Å². The monoisotopic (exact) mass is 222 g/mol. The van der Waals surface area contributed by atoms with Gasteiger partial charge < -0.3 is 5.11 Å². The van der Waals surface area contributed by atoms with Gasteiger partial charge in [-0.3, -0.25) is 0 Å². The molecule has 14 heavy (non-hydrogen) atoms. The molecule has 4 heteroatoms. The Morgan fingerprint density at radius 2 is 1.71 bits per heavy atom. The second kappa shape index (κ2) is 6.40. The first-order valence-corrected chi connectivity index (χ1v) is 7.25. The van der Waals surface area contributed by atoms with Gasteiger partial charge in [0.2, 0.25) is 0 Å². The van der Waals surface area contributed by atoms with Crippen LogP contribution in [0.4, 0.5) is 0 Å². The fourth-order valence-corrected chi connectivity index (χ4v) is 1.96. The van der Waals surface area contributed by atoms with E-state index in [1.165, 1.54) is 6.26 Å². The molecule has 0 radical (unpaired) electrons. The third-order valence-corrected chi connectivity index (χ3v) is 3.31. The van der Waals surface area contributed by atoms with E-state index in [0.29, 0.717) is 12.3 Å². The number of aliphatic hydroxyl groups is 1. The maximum absolute atomic E-state index is 10.8. The van der Waals surface area contributed by atoms with Gasteiger partial charge >= 0.3 is 0 Å². The molecule has 0 rings (SSSR count). The first-order valence-electron chi connectivity index (χ1n) is 5.18. The predicted octanol–water partition coefficient (Wildman–Crippen LogP) is 1.61. The lowest BCUT2D eigenvalue weighted by atomic mass is 10.0. The van der Waals surface area contributed by atoms with E-state index in [1.54, 1.807) is 0 Å². The molecule has 0 aromatic rings. The van der Waals surface area contributed by atoms with Gasteiger partial charge in [0.1, 0.15) is 9.84 Å². The summed E-state index contributed by atoms with van der Waals surface area (Å²) in [5.41, 5.74) is 0. The summed E-state index contributed by atoms with van der Waals surface area (Å²) in [6.07, 6.45) is 4.31. The lowest BCUT2D eigenvalue weighted by molar-refractivity contribution is 0.113. The molecule has 0 heterocycles.